The first-order valence-corrected chi connectivity index (χ1v) is 7.18. The Morgan fingerprint density at radius 3 is 2.24 bits per heavy atom. The number of anilines is 2. The maximum atomic E-state index is 13.0. The number of hydrogen-bond donors (Lipinski definition) is 2. The Kier molecular flexibility index (Phi) is 4.15. The lowest BCUT2D eigenvalue weighted by atomic mass is 10.2. The Morgan fingerprint density at radius 2 is 1.56 bits per heavy atom. The van der Waals surface area contributed by atoms with Gasteiger partial charge in [-0.25, -0.2) is 0 Å². The van der Waals surface area contributed by atoms with E-state index in [0.717, 1.165) is 12.1 Å². The third kappa shape index (κ3) is 4.08. The van der Waals surface area contributed by atoms with Crippen molar-refractivity contribution < 1.29 is 31.4 Å². The highest BCUT2D eigenvalue weighted by atomic mass is 32.1. The Labute approximate surface area is 143 Å². The number of benzene rings is 2. The number of hydrogen-bond acceptors (Lipinski definition) is 3. The number of nitrogens with one attached hydrogen (secondary N) is 2. The molecule has 1 aliphatic rings. The van der Waals surface area contributed by atoms with Crippen molar-refractivity contribution in [1.82, 2.24) is 0 Å². The standard InChI is InChI=1S/C15H9F5N2O2S/c16-14(17,18)8-2-1-3-9(6-8)21-13(25)22-10-4-5-11-12(7-10)24-15(19,20)23-11/h1-7H,(H2,21,22,25). The summed E-state index contributed by atoms with van der Waals surface area (Å²) in [6, 6.07) is 8.36. The van der Waals surface area contributed by atoms with Crippen LogP contribution < -0.4 is 20.1 Å². The van der Waals surface area contributed by atoms with Crippen molar-refractivity contribution in [3.05, 3.63) is 48.0 Å². The van der Waals surface area contributed by atoms with E-state index in [-0.39, 0.29) is 22.3 Å². The monoisotopic (exact) mass is 376 g/mol. The third-order valence-electron chi connectivity index (χ3n) is 3.11. The van der Waals surface area contributed by atoms with Gasteiger partial charge in [-0.2, -0.15) is 13.2 Å². The predicted octanol–water partition coefficient (Wildman–Crippen LogP) is 4.84. The molecular weight excluding hydrogens is 367 g/mol. The number of rotatable bonds is 2. The summed E-state index contributed by atoms with van der Waals surface area (Å²) in [5.74, 6) is -0.316. The van der Waals surface area contributed by atoms with Crippen LogP contribution in [0.3, 0.4) is 0 Å². The lowest BCUT2D eigenvalue weighted by molar-refractivity contribution is -0.286. The van der Waals surface area contributed by atoms with Crippen LogP contribution in [-0.2, 0) is 6.18 Å². The molecule has 0 atom stereocenters. The van der Waals surface area contributed by atoms with Gasteiger partial charge >= 0.3 is 12.5 Å². The van der Waals surface area contributed by atoms with Crippen LogP contribution >= 0.6 is 12.2 Å². The Bertz CT molecular complexity index is 826. The van der Waals surface area contributed by atoms with E-state index in [1.807, 2.05) is 0 Å². The van der Waals surface area contributed by atoms with E-state index < -0.39 is 18.0 Å². The minimum atomic E-state index is -4.48. The summed E-state index contributed by atoms with van der Waals surface area (Å²) in [7, 11) is 0. The highest BCUT2D eigenvalue weighted by Crippen LogP contribution is 2.42. The largest absolute Gasteiger partial charge is 0.586 e. The van der Waals surface area contributed by atoms with Crippen LogP contribution in [0.25, 0.3) is 0 Å². The third-order valence-corrected chi connectivity index (χ3v) is 3.31. The van der Waals surface area contributed by atoms with E-state index in [1.54, 1.807) is 0 Å². The summed E-state index contributed by atoms with van der Waals surface area (Å²) in [6.45, 7) is 0. The Balaban J connectivity index is 1.68. The molecule has 132 valence electrons. The minimum absolute atomic E-state index is 0.0232. The van der Waals surface area contributed by atoms with E-state index in [2.05, 4.69) is 20.1 Å². The molecule has 3 rings (SSSR count). The molecule has 0 unspecified atom stereocenters. The first kappa shape index (κ1) is 17.2. The van der Waals surface area contributed by atoms with Crippen LogP contribution in [0.5, 0.6) is 11.5 Å². The van der Waals surface area contributed by atoms with Gasteiger partial charge < -0.3 is 20.1 Å². The number of halogens is 5. The zero-order chi connectivity index (χ0) is 18.2. The molecule has 0 amide bonds. The molecule has 1 heterocycles. The summed E-state index contributed by atoms with van der Waals surface area (Å²) in [6.07, 6.45) is -8.22. The number of alkyl halides is 5. The van der Waals surface area contributed by atoms with Gasteiger partial charge in [-0.15, -0.1) is 8.78 Å². The molecule has 2 aromatic carbocycles. The van der Waals surface area contributed by atoms with Gasteiger partial charge in [-0.1, -0.05) is 6.07 Å². The fraction of sp³-hybridized carbons (Fsp3) is 0.133. The molecule has 2 aromatic rings. The number of ether oxygens (including phenoxy) is 2. The van der Waals surface area contributed by atoms with E-state index in [1.165, 1.54) is 30.3 Å². The molecule has 1 aliphatic heterocycles. The second-order valence-electron chi connectivity index (χ2n) is 4.99. The smallest absolute Gasteiger partial charge is 0.395 e. The lowest BCUT2D eigenvalue weighted by Crippen LogP contribution is -2.25. The molecule has 4 nitrogen and oxygen atoms in total. The molecule has 0 bridgehead atoms. The van der Waals surface area contributed by atoms with Gasteiger partial charge in [0, 0.05) is 17.4 Å². The Hall–Kier alpha value is -2.62. The highest BCUT2D eigenvalue weighted by Gasteiger charge is 2.43. The van der Waals surface area contributed by atoms with Crippen LogP contribution in [0.1, 0.15) is 5.56 Å². The molecule has 0 saturated carbocycles. The van der Waals surface area contributed by atoms with Gasteiger partial charge in [0.1, 0.15) is 0 Å². The average Bonchev–Trinajstić information content (AvgIpc) is 2.79. The van der Waals surface area contributed by atoms with E-state index in [9.17, 15) is 22.0 Å². The van der Waals surface area contributed by atoms with Crippen LogP contribution in [0, 0.1) is 0 Å². The predicted molar refractivity (Wildman–Crippen MR) is 83.9 cm³/mol. The van der Waals surface area contributed by atoms with Crippen molar-refractivity contribution in [3.8, 4) is 11.5 Å². The molecule has 10 heteroatoms. The number of fused-ring (bicyclic) bond motifs is 1. The van der Waals surface area contributed by atoms with Crippen molar-refractivity contribution in [2.24, 2.45) is 0 Å². The molecule has 2 N–H and O–H groups in total. The first-order valence-electron chi connectivity index (χ1n) is 6.77. The van der Waals surface area contributed by atoms with Crippen LogP contribution in [0.4, 0.5) is 33.3 Å². The van der Waals surface area contributed by atoms with Gasteiger partial charge in [0.2, 0.25) is 0 Å². The fourth-order valence-corrected chi connectivity index (χ4v) is 2.33. The SMILES string of the molecule is FC1(F)Oc2ccc(NC(=S)Nc3cccc(C(F)(F)F)c3)cc2O1. The topological polar surface area (TPSA) is 42.5 Å². The van der Waals surface area contributed by atoms with Gasteiger partial charge in [-0.3, -0.25) is 0 Å². The van der Waals surface area contributed by atoms with Crippen molar-refractivity contribution in [2.45, 2.75) is 12.5 Å². The molecule has 0 aliphatic carbocycles. The number of thiocarbonyl (C=S) groups is 1. The van der Waals surface area contributed by atoms with Crippen LogP contribution in [-0.4, -0.2) is 11.4 Å². The zero-order valence-electron chi connectivity index (χ0n) is 12.2. The minimum Gasteiger partial charge on any atom is -0.395 e. The maximum Gasteiger partial charge on any atom is 0.586 e. The van der Waals surface area contributed by atoms with Crippen molar-refractivity contribution in [3.63, 3.8) is 0 Å². The molecule has 0 saturated heterocycles. The molecule has 25 heavy (non-hydrogen) atoms. The van der Waals surface area contributed by atoms with Gasteiger partial charge in [0.05, 0.1) is 5.56 Å². The highest BCUT2D eigenvalue weighted by molar-refractivity contribution is 7.80. The van der Waals surface area contributed by atoms with Crippen molar-refractivity contribution in [1.29, 1.82) is 0 Å². The quantitative estimate of drug-likeness (QED) is 0.580. The van der Waals surface area contributed by atoms with E-state index >= 15 is 0 Å². The van der Waals surface area contributed by atoms with Crippen molar-refractivity contribution in [2.75, 3.05) is 10.6 Å². The summed E-state index contributed by atoms with van der Waals surface area (Å²) in [5.41, 5.74) is -0.408. The lowest BCUT2D eigenvalue weighted by Gasteiger charge is -2.13. The van der Waals surface area contributed by atoms with Gasteiger partial charge in [-0.05, 0) is 42.5 Å². The van der Waals surface area contributed by atoms with Crippen LogP contribution in [0.2, 0.25) is 0 Å². The first-order chi connectivity index (χ1) is 11.6. The van der Waals surface area contributed by atoms with Crippen LogP contribution in [0.15, 0.2) is 42.5 Å². The second-order valence-corrected chi connectivity index (χ2v) is 5.39. The molecule has 0 radical (unpaired) electrons. The summed E-state index contributed by atoms with van der Waals surface area (Å²) in [5, 5.41) is 5.23. The fourth-order valence-electron chi connectivity index (χ4n) is 2.09. The maximum absolute atomic E-state index is 13.0. The molecular formula is C15H9F5N2O2S. The molecule has 0 spiro atoms. The Morgan fingerprint density at radius 1 is 0.920 bits per heavy atom. The summed E-state index contributed by atoms with van der Waals surface area (Å²) >= 11 is 5.00. The summed E-state index contributed by atoms with van der Waals surface area (Å²) < 4.78 is 72.5. The molecule has 0 fully saturated rings. The average molecular weight is 376 g/mol. The zero-order valence-corrected chi connectivity index (χ0v) is 13.0. The van der Waals surface area contributed by atoms with E-state index in [4.69, 9.17) is 12.2 Å². The van der Waals surface area contributed by atoms with Gasteiger partial charge in [0.15, 0.2) is 16.6 Å². The van der Waals surface area contributed by atoms with Gasteiger partial charge in [0.25, 0.3) is 0 Å². The molecule has 0 aromatic heterocycles. The van der Waals surface area contributed by atoms with Crippen molar-refractivity contribution >= 4 is 28.7 Å². The second kappa shape index (κ2) is 6.03. The summed E-state index contributed by atoms with van der Waals surface area (Å²) in [4.78, 5) is 0. The normalized spacial score (nSPS) is 14.9. The van der Waals surface area contributed by atoms with E-state index in [0.29, 0.717) is 5.69 Å².